The van der Waals surface area contributed by atoms with Crippen LogP contribution < -0.4 is 5.56 Å². The fourth-order valence-electron chi connectivity index (χ4n) is 3.91. The van der Waals surface area contributed by atoms with Gasteiger partial charge in [0.25, 0.3) is 5.56 Å². The van der Waals surface area contributed by atoms with Gasteiger partial charge in [0.05, 0.1) is 16.6 Å². The Balaban J connectivity index is 1.75. The second-order valence-corrected chi connectivity index (χ2v) is 9.11. The van der Waals surface area contributed by atoms with Gasteiger partial charge in [-0.1, -0.05) is 48.2 Å². The number of nitrogens with zero attached hydrogens (tertiary/aromatic N) is 4. The summed E-state index contributed by atoms with van der Waals surface area (Å²) < 4.78 is 16.9. The summed E-state index contributed by atoms with van der Waals surface area (Å²) in [5, 5.41) is 10.2. The molecule has 0 aliphatic rings. The predicted molar refractivity (Wildman–Crippen MR) is 126 cm³/mol. The van der Waals surface area contributed by atoms with Crippen LogP contribution in [-0.2, 0) is 0 Å². The zero-order valence-corrected chi connectivity index (χ0v) is 18.7. The van der Waals surface area contributed by atoms with E-state index in [0.717, 1.165) is 27.9 Å². The molecule has 7 heteroatoms. The Bertz CT molecular complexity index is 1520. The maximum atomic E-state index is 13.5. The molecule has 2 heterocycles. The molecule has 5 rings (SSSR count). The summed E-state index contributed by atoms with van der Waals surface area (Å²) in [6, 6.07) is 19.9. The topological polar surface area (TPSA) is 52.2 Å². The van der Waals surface area contributed by atoms with Crippen LogP contribution in [0.4, 0.5) is 4.39 Å². The minimum Gasteiger partial charge on any atom is -0.268 e. The van der Waals surface area contributed by atoms with Crippen LogP contribution >= 0.6 is 11.8 Å². The summed E-state index contributed by atoms with van der Waals surface area (Å²) in [6.45, 7) is 6.07. The molecular formula is C25H21FN4OS. The van der Waals surface area contributed by atoms with Gasteiger partial charge >= 0.3 is 0 Å². The molecule has 1 atom stereocenters. The van der Waals surface area contributed by atoms with E-state index in [4.69, 9.17) is 0 Å². The van der Waals surface area contributed by atoms with Crippen LogP contribution in [0.1, 0.15) is 28.9 Å². The molecule has 0 aliphatic carbocycles. The number of thioether (sulfide) groups is 1. The van der Waals surface area contributed by atoms with Crippen LogP contribution in [0.15, 0.2) is 76.7 Å². The Morgan fingerprint density at radius 3 is 2.47 bits per heavy atom. The highest BCUT2D eigenvalue weighted by atomic mass is 32.2. The van der Waals surface area contributed by atoms with Crippen molar-refractivity contribution in [1.82, 2.24) is 19.2 Å². The first-order valence-corrected chi connectivity index (χ1v) is 11.2. The molecule has 2 aromatic heterocycles. The molecule has 0 spiro atoms. The lowest BCUT2D eigenvalue weighted by Gasteiger charge is -2.15. The average Bonchev–Trinajstić information content (AvgIpc) is 3.20. The van der Waals surface area contributed by atoms with Crippen LogP contribution in [0.2, 0.25) is 0 Å². The lowest BCUT2D eigenvalue weighted by atomic mass is 10.1. The lowest BCUT2D eigenvalue weighted by molar-refractivity contribution is 0.627. The van der Waals surface area contributed by atoms with E-state index in [2.05, 4.69) is 10.2 Å². The standard InChI is InChI=1S/C25H21FN4OS/c1-15-7-6-10-21(16(15)2)29-23(31)20-8-4-5-9-22(20)30-24(29)27-28-25(30)32-17(3)18-11-13-19(26)14-12-18/h4-14,17H,1-3H3. The molecule has 0 saturated heterocycles. The number of aromatic nitrogens is 4. The van der Waals surface area contributed by atoms with E-state index in [0.29, 0.717) is 16.3 Å². The van der Waals surface area contributed by atoms with Crippen LogP contribution in [0, 0.1) is 19.7 Å². The molecule has 0 aliphatic heterocycles. The summed E-state index contributed by atoms with van der Waals surface area (Å²) in [6.07, 6.45) is 0. The summed E-state index contributed by atoms with van der Waals surface area (Å²) in [4.78, 5) is 13.5. The number of rotatable bonds is 4. The van der Waals surface area contributed by atoms with E-state index in [1.54, 1.807) is 16.7 Å². The highest BCUT2D eigenvalue weighted by Gasteiger charge is 2.20. The fraction of sp³-hybridized carbons (Fsp3) is 0.160. The smallest absolute Gasteiger partial charge is 0.267 e. The van der Waals surface area contributed by atoms with Crippen molar-refractivity contribution in [2.75, 3.05) is 0 Å². The van der Waals surface area contributed by atoms with Gasteiger partial charge in [0, 0.05) is 5.25 Å². The molecule has 0 amide bonds. The zero-order chi connectivity index (χ0) is 22.4. The minimum absolute atomic E-state index is 0.0165. The van der Waals surface area contributed by atoms with E-state index >= 15 is 0 Å². The molecule has 3 aromatic carbocycles. The van der Waals surface area contributed by atoms with Gasteiger partial charge in [0.2, 0.25) is 5.78 Å². The van der Waals surface area contributed by atoms with Crippen LogP contribution in [-0.4, -0.2) is 19.2 Å². The quantitative estimate of drug-likeness (QED) is 0.337. The second kappa shape index (κ2) is 7.91. The normalized spacial score (nSPS) is 12.5. The fourth-order valence-corrected chi connectivity index (χ4v) is 4.89. The van der Waals surface area contributed by atoms with Crippen molar-refractivity contribution in [3.05, 3.63) is 99.6 Å². The monoisotopic (exact) mass is 444 g/mol. The summed E-state index contributed by atoms with van der Waals surface area (Å²) in [5.41, 5.74) is 4.52. The van der Waals surface area contributed by atoms with E-state index < -0.39 is 0 Å². The maximum Gasteiger partial charge on any atom is 0.267 e. The number of hydrogen-bond acceptors (Lipinski definition) is 4. The van der Waals surface area contributed by atoms with Crippen molar-refractivity contribution in [3.63, 3.8) is 0 Å². The molecular weight excluding hydrogens is 423 g/mol. The van der Waals surface area contributed by atoms with Crippen molar-refractivity contribution in [2.24, 2.45) is 0 Å². The van der Waals surface area contributed by atoms with Gasteiger partial charge in [-0.2, -0.15) is 0 Å². The van der Waals surface area contributed by atoms with Gasteiger partial charge in [-0.25, -0.2) is 8.96 Å². The molecule has 32 heavy (non-hydrogen) atoms. The van der Waals surface area contributed by atoms with E-state index in [-0.39, 0.29) is 16.6 Å². The van der Waals surface area contributed by atoms with Crippen molar-refractivity contribution in [2.45, 2.75) is 31.2 Å². The van der Waals surface area contributed by atoms with Gasteiger partial charge in [0.15, 0.2) is 5.16 Å². The largest absolute Gasteiger partial charge is 0.268 e. The van der Waals surface area contributed by atoms with Crippen molar-refractivity contribution < 1.29 is 4.39 Å². The summed E-state index contributed by atoms with van der Waals surface area (Å²) in [7, 11) is 0. The lowest BCUT2D eigenvalue weighted by Crippen LogP contribution is -2.22. The Labute approximate surface area is 188 Å². The Kier molecular flexibility index (Phi) is 5.06. The maximum absolute atomic E-state index is 13.5. The first-order chi connectivity index (χ1) is 15.5. The van der Waals surface area contributed by atoms with Crippen molar-refractivity contribution >= 4 is 28.4 Å². The van der Waals surface area contributed by atoms with Gasteiger partial charge in [0.1, 0.15) is 5.82 Å². The molecule has 5 aromatic rings. The number of benzene rings is 3. The van der Waals surface area contributed by atoms with Crippen molar-refractivity contribution in [3.8, 4) is 5.69 Å². The minimum atomic E-state index is -0.262. The highest BCUT2D eigenvalue weighted by molar-refractivity contribution is 7.99. The molecule has 1 unspecified atom stereocenters. The number of para-hydroxylation sites is 1. The molecule has 0 fully saturated rings. The van der Waals surface area contributed by atoms with Gasteiger partial charge in [-0.15, -0.1) is 10.2 Å². The Morgan fingerprint density at radius 1 is 0.938 bits per heavy atom. The SMILES string of the molecule is Cc1cccc(-n2c(=O)c3ccccc3n3c(SC(C)c4ccc(F)cc4)nnc23)c1C. The second-order valence-electron chi connectivity index (χ2n) is 7.81. The van der Waals surface area contributed by atoms with Gasteiger partial charge in [-0.05, 0) is 67.8 Å². The molecule has 0 saturated carbocycles. The zero-order valence-electron chi connectivity index (χ0n) is 17.9. The number of halogens is 1. The van der Waals surface area contributed by atoms with Gasteiger partial charge in [-0.3, -0.25) is 9.20 Å². The first-order valence-electron chi connectivity index (χ1n) is 10.3. The summed E-state index contributed by atoms with van der Waals surface area (Å²) in [5.74, 6) is 0.207. The molecule has 0 radical (unpaired) electrons. The third-order valence-electron chi connectivity index (χ3n) is 5.83. The molecule has 160 valence electrons. The van der Waals surface area contributed by atoms with E-state index in [1.165, 1.54) is 23.9 Å². The highest BCUT2D eigenvalue weighted by Crippen LogP contribution is 2.35. The van der Waals surface area contributed by atoms with Gasteiger partial charge < -0.3 is 0 Å². The van der Waals surface area contributed by atoms with E-state index in [1.807, 2.05) is 67.6 Å². The summed E-state index contributed by atoms with van der Waals surface area (Å²) >= 11 is 1.52. The molecule has 5 nitrogen and oxygen atoms in total. The number of hydrogen-bond donors (Lipinski definition) is 0. The third-order valence-corrected chi connectivity index (χ3v) is 6.93. The Hall–Kier alpha value is -3.45. The molecule has 0 bridgehead atoms. The number of aryl methyl sites for hydroxylation is 1. The van der Waals surface area contributed by atoms with Crippen LogP contribution in [0.3, 0.4) is 0 Å². The van der Waals surface area contributed by atoms with E-state index in [9.17, 15) is 9.18 Å². The number of fused-ring (bicyclic) bond motifs is 3. The first kappa shape index (κ1) is 20.5. The van der Waals surface area contributed by atoms with Crippen LogP contribution in [0.25, 0.3) is 22.4 Å². The third kappa shape index (κ3) is 3.29. The molecule has 0 N–H and O–H groups in total. The average molecular weight is 445 g/mol. The van der Waals surface area contributed by atoms with Crippen molar-refractivity contribution in [1.29, 1.82) is 0 Å². The Morgan fingerprint density at radius 2 is 1.69 bits per heavy atom. The van der Waals surface area contributed by atoms with Crippen LogP contribution in [0.5, 0.6) is 0 Å². The predicted octanol–water partition coefficient (Wildman–Crippen LogP) is 5.64.